The molecule has 144 valence electrons. The van der Waals surface area contributed by atoms with E-state index >= 15 is 0 Å². The maximum absolute atomic E-state index is 13.0. The second-order valence-corrected chi connectivity index (χ2v) is 7.67. The molecule has 2 atom stereocenters. The molecule has 0 unspecified atom stereocenters. The molecule has 3 aromatic rings. The van der Waals surface area contributed by atoms with E-state index in [0.29, 0.717) is 12.3 Å². The second kappa shape index (κ2) is 5.95. The molecule has 1 aromatic carbocycles. The van der Waals surface area contributed by atoms with E-state index in [-0.39, 0.29) is 17.2 Å². The first-order valence-electron chi connectivity index (χ1n) is 9.43. The third-order valence-electron chi connectivity index (χ3n) is 6.05. The molecule has 1 aliphatic heterocycles. The van der Waals surface area contributed by atoms with Crippen molar-refractivity contribution in [1.29, 1.82) is 0 Å². The first-order chi connectivity index (χ1) is 13.5. The summed E-state index contributed by atoms with van der Waals surface area (Å²) in [7, 11) is 3.52. The van der Waals surface area contributed by atoms with Gasteiger partial charge in [-0.1, -0.05) is 0 Å². The van der Waals surface area contributed by atoms with Gasteiger partial charge in [-0.25, -0.2) is 4.98 Å². The standard InChI is InChI=1S/C21H22N4O3/c1-12-15-8-13(11-22-19(15)25(2)24-12)23-20(26)17-10-21(17)6-7-28-18-5-4-14(27-3)9-16(18)21/h4-5,8-9,11,17H,6-7,10H2,1-3H3,(H,23,26)/t17-,21-/m1/s1. The van der Waals surface area contributed by atoms with E-state index in [1.54, 1.807) is 18.0 Å². The third kappa shape index (κ3) is 2.46. The molecule has 1 aliphatic carbocycles. The van der Waals surface area contributed by atoms with Crippen LogP contribution in [-0.2, 0) is 17.3 Å². The van der Waals surface area contributed by atoms with Crippen molar-refractivity contribution in [3.05, 3.63) is 41.7 Å². The fourth-order valence-corrected chi connectivity index (χ4v) is 4.46. The lowest BCUT2D eigenvalue weighted by Crippen LogP contribution is -2.26. The van der Waals surface area contributed by atoms with Gasteiger partial charge < -0.3 is 14.8 Å². The zero-order chi connectivity index (χ0) is 19.5. The fraction of sp³-hybridized carbons (Fsp3) is 0.381. The number of rotatable bonds is 3. The van der Waals surface area contributed by atoms with Gasteiger partial charge in [-0.3, -0.25) is 9.48 Å². The minimum absolute atomic E-state index is 0.0263. The van der Waals surface area contributed by atoms with Crippen LogP contribution < -0.4 is 14.8 Å². The van der Waals surface area contributed by atoms with E-state index in [2.05, 4.69) is 15.4 Å². The van der Waals surface area contributed by atoms with Crippen LogP contribution in [0.4, 0.5) is 5.69 Å². The number of nitrogens with zero attached hydrogens (tertiary/aromatic N) is 3. The highest BCUT2D eigenvalue weighted by Crippen LogP contribution is 2.61. The second-order valence-electron chi connectivity index (χ2n) is 7.67. The number of methoxy groups -OCH3 is 1. The monoisotopic (exact) mass is 378 g/mol. The third-order valence-corrected chi connectivity index (χ3v) is 6.05. The summed E-state index contributed by atoms with van der Waals surface area (Å²) in [6, 6.07) is 7.78. The summed E-state index contributed by atoms with van der Waals surface area (Å²) in [5.74, 6) is 1.60. The number of anilines is 1. The number of aryl methyl sites for hydroxylation is 2. The summed E-state index contributed by atoms with van der Waals surface area (Å²) in [5, 5.41) is 8.39. The smallest absolute Gasteiger partial charge is 0.228 e. The number of carbonyl (C=O) groups is 1. The van der Waals surface area contributed by atoms with E-state index in [1.165, 1.54) is 0 Å². The summed E-state index contributed by atoms with van der Waals surface area (Å²) in [5.41, 5.74) is 3.33. The molecule has 2 aromatic heterocycles. The number of ether oxygens (including phenoxy) is 2. The molecular weight excluding hydrogens is 356 g/mol. The number of carbonyl (C=O) groups excluding carboxylic acids is 1. The van der Waals surface area contributed by atoms with Gasteiger partial charge in [-0.05, 0) is 44.0 Å². The molecule has 0 bridgehead atoms. The SMILES string of the molecule is COc1ccc2c(c1)[C@@]1(CCO2)C[C@@H]1C(=O)Nc1cnc2c(c1)c(C)nn2C. The highest BCUT2D eigenvalue weighted by atomic mass is 16.5. The van der Waals surface area contributed by atoms with E-state index in [0.717, 1.165) is 46.6 Å². The Morgan fingerprint density at radius 1 is 1.39 bits per heavy atom. The van der Waals surface area contributed by atoms with Crippen LogP contribution in [0.5, 0.6) is 11.5 Å². The van der Waals surface area contributed by atoms with Crippen molar-refractivity contribution in [3.8, 4) is 11.5 Å². The largest absolute Gasteiger partial charge is 0.497 e. The summed E-state index contributed by atoms with van der Waals surface area (Å²) >= 11 is 0. The zero-order valence-corrected chi connectivity index (χ0v) is 16.2. The highest BCUT2D eigenvalue weighted by molar-refractivity contribution is 5.97. The van der Waals surface area contributed by atoms with Gasteiger partial charge in [0.2, 0.25) is 5.91 Å². The predicted octanol–water partition coefficient (Wildman–Crippen LogP) is 2.96. The van der Waals surface area contributed by atoms with Crippen molar-refractivity contribution in [2.45, 2.75) is 25.2 Å². The first kappa shape index (κ1) is 17.0. The predicted molar refractivity (Wildman–Crippen MR) is 105 cm³/mol. The maximum Gasteiger partial charge on any atom is 0.228 e. The molecule has 5 rings (SSSR count). The summed E-state index contributed by atoms with van der Waals surface area (Å²) < 4.78 is 12.9. The number of benzene rings is 1. The topological polar surface area (TPSA) is 78.3 Å². The molecule has 2 aliphatic rings. The van der Waals surface area contributed by atoms with Crippen molar-refractivity contribution in [2.24, 2.45) is 13.0 Å². The molecule has 1 saturated carbocycles. The van der Waals surface area contributed by atoms with Gasteiger partial charge in [0.15, 0.2) is 5.65 Å². The summed E-state index contributed by atoms with van der Waals surface area (Å²) in [6.45, 7) is 2.57. The van der Waals surface area contributed by atoms with Crippen LogP contribution in [0.15, 0.2) is 30.5 Å². The molecular formula is C21H22N4O3. The van der Waals surface area contributed by atoms with Crippen LogP contribution in [0.1, 0.15) is 24.1 Å². The zero-order valence-electron chi connectivity index (χ0n) is 16.2. The molecule has 1 spiro atoms. The Bertz CT molecular complexity index is 1110. The molecule has 28 heavy (non-hydrogen) atoms. The van der Waals surface area contributed by atoms with Crippen LogP contribution >= 0.6 is 0 Å². The Hall–Kier alpha value is -3.09. The van der Waals surface area contributed by atoms with Crippen LogP contribution in [-0.4, -0.2) is 34.4 Å². The fourth-order valence-electron chi connectivity index (χ4n) is 4.46. The number of fused-ring (bicyclic) bond motifs is 3. The Morgan fingerprint density at radius 2 is 2.25 bits per heavy atom. The average molecular weight is 378 g/mol. The molecule has 1 N–H and O–H groups in total. The molecule has 1 amide bonds. The Morgan fingerprint density at radius 3 is 3.07 bits per heavy atom. The van der Waals surface area contributed by atoms with E-state index in [4.69, 9.17) is 9.47 Å². The number of nitrogens with one attached hydrogen (secondary N) is 1. The number of hydrogen-bond acceptors (Lipinski definition) is 5. The highest BCUT2D eigenvalue weighted by Gasteiger charge is 2.61. The molecule has 0 saturated heterocycles. The van der Waals surface area contributed by atoms with Crippen LogP contribution in [0.25, 0.3) is 11.0 Å². The molecule has 7 heteroatoms. The van der Waals surface area contributed by atoms with Gasteiger partial charge in [0.05, 0.1) is 31.3 Å². The normalized spacial score (nSPS) is 22.6. The maximum atomic E-state index is 13.0. The van der Waals surface area contributed by atoms with Crippen LogP contribution in [0.2, 0.25) is 0 Å². The molecule has 0 radical (unpaired) electrons. The van der Waals surface area contributed by atoms with Crippen LogP contribution in [0, 0.1) is 12.8 Å². The first-order valence-corrected chi connectivity index (χ1v) is 9.43. The Balaban J connectivity index is 1.41. The Kier molecular flexibility index (Phi) is 3.62. The van der Waals surface area contributed by atoms with Crippen molar-refractivity contribution < 1.29 is 14.3 Å². The number of aromatic nitrogens is 3. The average Bonchev–Trinajstić information content (AvgIpc) is 3.35. The van der Waals surface area contributed by atoms with Gasteiger partial charge in [0.1, 0.15) is 11.5 Å². The minimum Gasteiger partial charge on any atom is -0.497 e. The van der Waals surface area contributed by atoms with Gasteiger partial charge in [0, 0.05) is 29.3 Å². The van der Waals surface area contributed by atoms with Crippen molar-refractivity contribution in [3.63, 3.8) is 0 Å². The van der Waals surface area contributed by atoms with E-state index in [9.17, 15) is 4.79 Å². The number of amides is 1. The summed E-state index contributed by atoms with van der Waals surface area (Å²) in [4.78, 5) is 17.5. The quantitative estimate of drug-likeness (QED) is 0.758. The Labute approximate surface area is 162 Å². The van der Waals surface area contributed by atoms with Gasteiger partial charge in [0.25, 0.3) is 0 Å². The summed E-state index contributed by atoms with van der Waals surface area (Å²) in [6.07, 6.45) is 3.35. The van der Waals surface area contributed by atoms with Gasteiger partial charge in [-0.2, -0.15) is 5.10 Å². The van der Waals surface area contributed by atoms with E-state index in [1.807, 2.05) is 38.2 Å². The lowest BCUT2D eigenvalue weighted by Gasteiger charge is -2.27. The lowest BCUT2D eigenvalue weighted by molar-refractivity contribution is -0.117. The molecule has 1 fully saturated rings. The molecule has 7 nitrogen and oxygen atoms in total. The minimum atomic E-state index is -0.159. The molecule has 3 heterocycles. The number of hydrogen-bond donors (Lipinski definition) is 1. The lowest BCUT2D eigenvalue weighted by atomic mass is 9.87. The van der Waals surface area contributed by atoms with Gasteiger partial charge >= 0.3 is 0 Å². The van der Waals surface area contributed by atoms with Crippen molar-refractivity contribution >= 4 is 22.6 Å². The van der Waals surface area contributed by atoms with Crippen molar-refractivity contribution in [1.82, 2.24) is 14.8 Å². The van der Waals surface area contributed by atoms with Gasteiger partial charge in [-0.15, -0.1) is 0 Å². The van der Waals surface area contributed by atoms with Crippen LogP contribution in [0.3, 0.4) is 0 Å². The van der Waals surface area contributed by atoms with Crippen molar-refractivity contribution in [2.75, 3.05) is 19.0 Å². The van der Waals surface area contributed by atoms with E-state index < -0.39 is 0 Å². The number of pyridine rings is 1.